The summed E-state index contributed by atoms with van der Waals surface area (Å²) in [5.41, 5.74) is 0.183. The zero-order chi connectivity index (χ0) is 13.2. The lowest BCUT2D eigenvalue weighted by Crippen LogP contribution is -2.35. The van der Waals surface area contributed by atoms with Crippen LogP contribution in [0.25, 0.3) is 0 Å². The van der Waals surface area contributed by atoms with Gasteiger partial charge in [-0.25, -0.2) is 17.7 Å². The van der Waals surface area contributed by atoms with Crippen molar-refractivity contribution in [3.8, 4) is 0 Å². The fourth-order valence-electron chi connectivity index (χ4n) is 1.25. The zero-order valence-electron chi connectivity index (χ0n) is 10.4. The Hall–Kier alpha value is -0.810. The number of nitrogens with one attached hydrogen (secondary N) is 1. The maximum absolute atomic E-state index is 13.5. The van der Waals surface area contributed by atoms with Gasteiger partial charge in [0.05, 0.1) is 15.7 Å². The Balaban J connectivity index is 2.87. The van der Waals surface area contributed by atoms with E-state index in [0.29, 0.717) is 0 Å². The van der Waals surface area contributed by atoms with Crippen molar-refractivity contribution in [2.75, 3.05) is 0 Å². The monoisotopic (exact) mass is 261 g/mol. The quantitative estimate of drug-likeness (QED) is 0.890. The molecule has 2 nitrogen and oxygen atoms in total. The molecule has 1 aromatic carbocycles. The van der Waals surface area contributed by atoms with Crippen molar-refractivity contribution in [1.82, 2.24) is 4.72 Å². The first-order valence-corrected chi connectivity index (χ1v) is 6.50. The standard InChI is InChI=1S/C12H17F2NOS/c1-8(15-17(16)12(2,3)4)10-7-9(13)5-6-11(10)14/h5-8,15H,1-4H3/t8-,17+/m1/s1. The summed E-state index contributed by atoms with van der Waals surface area (Å²) >= 11 is 0. The first kappa shape index (κ1) is 14.3. The first-order valence-electron chi connectivity index (χ1n) is 5.35. The van der Waals surface area contributed by atoms with Crippen LogP contribution in [0, 0.1) is 11.6 Å². The van der Waals surface area contributed by atoms with Crippen LogP contribution < -0.4 is 4.72 Å². The van der Waals surface area contributed by atoms with Gasteiger partial charge in [0.1, 0.15) is 11.6 Å². The maximum Gasteiger partial charge on any atom is 0.128 e. The van der Waals surface area contributed by atoms with Crippen molar-refractivity contribution < 1.29 is 13.0 Å². The van der Waals surface area contributed by atoms with Crippen LogP contribution in [-0.2, 0) is 11.0 Å². The maximum atomic E-state index is 13.5. The van der Waals surface area contributed by atoms with Crippen molar-refractivity contribution in [3.05, 3.63) is 35.4 Å². The molecule has 0 radical (unpaired) electrons. The van der Waals surface area contributed by atoms with E-state index in [0.717, 1.165) is 18.2 Å². The van der Waals surface area contributed by atoms with Gasteiger partial charge in [0.15, 0.2) is 0 Å². The fourth-order valence-corrected chi connectivity index (χ4v) is 2.05. The minimum Gasteiger partial charge on any atom is -0.242 e. The third-order valence-electron chi connectivity index (χ3n) is 2.26. The molecule has 5 heteroatoms. The van der Waals surface area contributed by atoms with Crippen molar-refractivity contribution in [1.29, 1.82) is 0 Å². The highest BCUT2D eigenvalue weighted by Crippen LogP contribution is 2.20. The lowest BCUT2D eigenvalue weighted by Gasteiger charge is -2.22. The van der Waals surface area contributed by atoms with Gasteiger partial charge in [-0.15, -0.1) is 0 Å². The number of halogens is 2. The van der Waals surface area contributed by atoms with E-state index in [9.17, 15) is 13.0 Å². The predicted molar refractivity (Wildman–Crippen MR) is 65.8 cm³/mol. The van der Waals surface area contributed by atoms with Crippen LogP contribution in [0.1, 0.15) is 39.3 Å². The molecular formula is C12H17F2NOS. The van der Waals surface area contributed by atoms with E-state index in [1.165, 1.54) is 0 Å². The highest BCUT2D eigenvalue weighted by atomic mass is 32.2. The van der Waals surface area contributed by atoms with Crippen LogP contribution in [-0.4, -0.2) is 8.96 Å². The third-order valence-corrected chi connectivity index (χ3v) is 3.94. The molecular weight excluding hydrogens is 244 g/mol. The molecule has 0 heterocycles. The molecule has 0 aliphatic rings. The van der Waals surface area contributed by atoms with Crippen LogP contribution in [0.15, 0.2) is 18.2 Å². The van der Waals surface area contributed by atoms with Crippen molar-refractivity contribution in [2.24, 2.45) is 0 Å². The Morgan fingerprint density at radius 1 is 1.29 bits per heavy atom. The summed E-state index contributed by atoms with van der Waals surface area (Å²) in [4.78, 5) is 0. The molecule has 0 saturated carbocycles. The van der Waals surface area contributed by atoms with Crippen LogP contribution in [0.5, 0.6) is 0 Å². The van der Waals surface area contributed by atoms with Gasteiger partial charge in [-0.2, -0.15) is 0 Å². The SMILES string of the molecule is C[C@@H](N[S@@](=O)C(C)(C)C)c1cc(F)ccc1F. The third kappa shape index (κ3) is 3.85. The highest BCUT2D eigenvalue weighted by molar-refractivity contribution is 7.84. The second-order valence-electron chi connectivity index (χ2n) is 4.89. The number of rotatable bonds is 3. The molecule has 96 valence electrons. The first-order chi connectivity index (χ1) is 7.71. The van der Waals surface area contributed by atoms with Crippen molar-refractivity contribution in [3.63, 3.8) is 0 Å². The van der Waals surface area contributed by atoms with Crippen LogP contribution >= 0.6 is 0 Å². The summed E-state index contributed by atoms with van der Waals surface area (Å²) in [6.07, 6.45) is 0. The Morgan fingerprint density at radius 3 is 2.41 bits per heavy atom. The van der Waals surface area contributed by atoms with Gasteiger partial charge in [0, 0.05) is 11.6 Å². The van der Waals surface area contributed by atoms with Crippen LogP contribution in [0.3, 0.4) is 0 Å². The molecule has 17 heavy (non-hydrogen) atoms. The second kappa shape index (κ2) is 5.23. The molecule has 0 spiro atoms. The highest BCUT2D eigenvalue weighted by Gasteiger charge is 2.22. The van der Waals surface area contributed by atoms with Gasteiger partial charge in [0.2, 0.25) is 0 Å². The Labute approximate surface area is 103 Å². The van der Waals surface area contributed by atoms with E-state index >= 15 is 0 Å². The minimum atomic E-state index is -1.32. The summed E-state index contributed by atoms with van der Waals surface area (Å²) < 4.78 is 40.6. The Kier molecular flexibility index (Phi) is 4.38. The van der Waals surface area contributed by atoms with Crippen LogP contribution in [0.2, 0.25) is 0 Å². The molecule has 0 fully saturated rings. The van der Waals surface area contributed by atoms with Crippen molar-refractivity contribution >= 4 is 11.0 Å². The number of hydrogen-bond donors (Lipinski definition) is 1. The lowest BCUT2D eigenvalue weighted by atomic mass is 10.1. The second-order valence-corrected chi connectivity index (χ2v) is 6.88. The number of hydrogen-bond acceptors (Lipinski definition) is 1. The molecule has 0 unspecified atom stereocenters. The van der Waals surface area contributed by atoms with Crippen molar-refractivity contribution in [2.45, 2.75) is 38.5 Å². The van der Waals surface area contributed by atoms with E-state index < -0.39 is 33.4 Å². The molecule has 0 aliphatic heterocycles. The minimum absolute atomic E-state index is 0.183. The van der Waals surface area contributed by atoms with E-state index in [-0.39, 0.29) is 5.56 Å². The van der Waals surface area contributed by atoms with E-state index in [2.05, 4.69) is 4.72 Å². The van der Waals surface area contributed by atoms with Gasteiger partial charge in [-0.3, -0.25) is 0 Å². The predicted octanol–water partition coefficient (Wildman–Crippen LogP) is 3.08. The summed E-state index contributed by atoms with van der Waals surface area (Å²) in [7, 11) is -1.32. The summed E-state index contributed by atoms with van der Waals surface area (Å²) in [6.45, 7) is 7.09. The van der Waals surface area contributed by atoms with Gasteiger partial charge in [-0.1, -0.05) is 0 Å². The summed E-state index contributed by atoms with van der Waals surface area (Å²) in [5.74, 6) is -1.01. The molecule has 2 atom stereocenters. The normalized spacial score (nSPS) is 15.6. The average Bonchev–Trinajstić information content (AvgIpc) is 2.20. The average molecular weight is 261 g/mol. The van der Waals surface area contributed by atoms with Crippen LogP contribution in [0.4, 0.5) is 8.78 Å². The molecule has 0 amide bonds. The fraction of sp³-hybridized carbons (Fsp3) is 0.500. The largest absolute Gasteiger partial charge is 0.242 e. The molecule has 1 N–H and O–H groups in total. The molecule has 0 aromatic heterocycles. The van der Waals surface area contributed by atoms with E-state index in [1.54, 1.807) is 6.92 Å². The summed E-state index contributed by atoms with van der Waals surface area (Å²) in [5, 5.41) is 0. The smallest absolute Gasteiger partial charge is 0.128 e. The van der Waals surface area contributed by atoms with Gasteiger partial charge in [0.25, 0.3) is 0 Å². The molecule has 1 aromatic rings. The molecule has 1 rings (SSSR count). The molecule has 0 bridgehead atoms. The lowest BCUT2D eigenvalue weighted by molar-refractivity contribution is 0.556. The van der Waals surface area contributed by atoms with Gasteiger partial charge < -0.3 is 0 Å². The van der Waals surface area contributed by atoms with Gasteiger partial charge >= 0.3 is 0 Å². The van der Waals surface area contributed by atoms with E-state index in [4.69, 9.17) is 0 Å². The van der Waals surface area contributed by atoms with Gasteiger partial charge in [-0.05, 0) is 45.9 Å². The Bertz CT molecular complexity index is 429. The molecule has 0 aliphatic carbocycles. The number of benzene rings is 1. The van der Waals surface area contributed by atoms with E-state index in [1.807, 2.05) is 20.8 Å². The zero-order valence-corrected chi connectivity index (χ0v) is 11.2. The topological polar surface area (TPSA) is 29.1 Å². The molecule has 0 saturated heterocycles. The summed E-state index contributed by atoms with van der Waals surface area (Å²) in [6, 6.07) is 2.74. The Morgan fingerprint density at radius 2 is 1.88 bits per heavy atom.